The number of aliphatic carboxylic acids is 1. The maximum atomic E-state index is 10.9. The Bertz CT molecular complexity index is 482. The molecule has 0 aromatic heterocycles. The van der Waals surface area contributed by atoms with E-state index in [2.05, 4.69) is 6.07 Å². The highest BCUT2D eigenvalue weighted by molar-refractivity contribution is 6.32. The molecule has 1 N–H and O–H groups in total. The minimum Gasteiger partial charge on any atom is -0.481 e. The number of hydrogen-bond acceptors (Lipinski definition) is 3. The highest BCUT2D eigenvalue weighted by Crippen LogP contribution is 2.27. The molecule has 0 saturated carbocycles. The summed E-state index contributed by atoms with van der Waals surface area (Å²) in [6, 6.07) is 7.25. The normalized spacial score (nSPS) is 11.7. The predicted molar refractivity (Wildman–Crippen MR) is 70.9 cm³/mol. The summed E-state index contributed by atoms with van der Waals surface area (Å²) < 4.78 is 0. The maximum absolute atomic E-state index is 10.9. The molecular weight excluding hydrogens is 252 g/mol. The van der Waals surface area contributed by atoms with Crippen molar-refractivity contribution in [2.45, 2.75) is 13.8 Å². The second-order valence-corrected chi connectivity index (χ2v) is 4.43. The Kier molecular flexibility index (Phi) is 4.99. The van der Waals surface area contributed by atoms with Crippen LogP contribution in [-0.2, 0) is 4.79 Å². The van der Waals surface area contributed by atoms with Gasteiger partial charge < -0.3 is 10.0 Å². The lowest BCUT2D eigenvalue weighted by atomic mass is 10.1. The van der Waals surface area contributed by atoms with Gasteiger partial charge >= 0.3 is 5.97 Å². The van der Waals surface area contributed by atoms with Crippen LogP contribution in [0, 0.1) is 17.2 Å². The van der Waals surface area contributed by atoms with Gasteiger partial charge in [0.05, 0.1) is 22.2 Å². The minimum atomic E-state index is -0.853. The molecule has 0 amide bonds. The van der Waals surface area contributed by atoms with Gasteiger partial charge in [-0.05, 0) is 19.1 Å². The van der Waals surface area contributed by atoms with Crippen LogP contribution in [0.1, 0.15) is 19.4 Å². The average Bonchev–Trinajstić information content (AvgIpc) is 2.35. The van der Waals surface area contributed by atoms with Crippen LogP contribution in [0.15, 0.2) is 18.2 Å². The number of carbonyl (C=O) groups is 1. The summed E-state index contributed by atoms with van der Waals surface area (Å²) in [6.45, 7) is 4.52. The molecule has 4 nitrogen and oxygen atoms in total. The zero-order valence-electron chi connectivity index (χ0n) is 10.4. The highest BCUT2D eigenvalue weighted by atomic mass is 35.5. The van der Waals surface area contributed by atoms with Crippen molar-refractivity contribution in [3.8, 4) is 6.07 Å². The third-order valence-corrected chi connectivity index (χ3v) is 3.06. The molecule has 1 rings (SSSR count). The van der Waals surface area contributed by atoms with Crippen LogP contribution in [0.5, 0.6) is 0 Å². The number of nitrogens with zero attached hydrogens (tertiary/aromatic N) is 2. The zero-order valence-corrected chi connectivity index (χ0v) is 11.1. The van der Waals surface area contributed by atoms with Crippen LogP contribution in [0.25, 0.3) is 0 Å². The monoisotopic (exact) mass is 266 g/mol. The van der Waals surface area contributed by atoms with E-state index in [0.717, 1.165) is 0 Å². The maximum Gasteiger partial charge on any atom is 0.308 e. The van der Waals surface area contributed by atoms with Crippen molar-refractivity contribution in [3.05, 3.63) is 28.8 Å². The molecule has 1 atom stereocenters. The Labute approximate surface area is 111 Å². The van der Waals surface area contributed by atoms with Gasteiger partial charge in [0.25, 0.3) is 0 Å². The van der Waals surface area contributed by atoms with Crippen LogP contribution >= 0.6 is 11.6 Å². The van der Waals surface area contributed by atoms with Crippen molar-refractivity contribution in [1.29, 1.82) is 5.26 Å². The number of carboxylic acids is 1. The first kappa shape index (κ1) is 14.3. The largest absolute Gasteiger partial charge is 0.481 e. The Morgan fingerprint density at radius 2 is 2.28 bits per heavy atom. The Morgan fingerprint density at radius 1 is 1.61 bits per heavy atom. The molecule has 5 heteroatoms. The van der Waals surface area contributed by atoms with Gasteiger partial charge in [-0.25, -0.2) is 0 Å². The standard InChI is InChI=1S/C13H15ClN2O2/c1-3-16(8-9(2)13(17)18)12-6-4-5-11(14)10(12)7-15/h4-6,9H,3,8H2,1-2H3,(H,17,18). The van der Waals surface area contributed by atoms with Crippen LogP contribution in [0.4, 0.5) is 5.69 Å². The second kappa shape index (κ2) is 6.27. The first-order valence-corrected chi connectivity index (χ1v) is 6.05. The molecule has 0 aliphatic heterocycles. The summed E-state index contributed by atoms with van der Waals surface area (Å²) in [7, 11) is 0. The average molecular weight is 267 g/mol. The van der Waals surface area contributed by atoms with Crippen molar-refractivity contribution in [1.82, 2.24) is 0 Å². The van der Waals surface area contributed by atoms with Crippen LogP contribution in [0.2, 0.25) is 5.02 Å². The quantitative estimate of drug-likeness (QED) is 0.890. The molecule has 1 unspecified atom stereocenters. The van der Waals surface area contributed by atoms with Crippen LogP contribution in [0.3, 0.4) is 0 Å². The number of carboxylic acid groups (broad SMARTS) is 1. The van der Waals surface area contributed by atoms with E-state index in [1.807, 2.05) is 11.8 Å². The Hall–Kier alpha value is -1.73. The molecular formula is C13H15ClN2O2. The molecule has 0 heterocycles. The number of benzene rings is 1. The summed E-state index contributed by atoms with van der Waals surface area (Å²) in [5.74, 6) is -1.36. The van der Waals surface area contributed by atoms with E-state index in [1.54, 1.807) is 25.1 Å². The number of hydrogen-bond donors (Lipinski definition) is 1. The number of rotatable bonds is 5. The molecule has 0 saturated heterocycles. The minimum absolute atomic E-state index is 0.348. The molecule has 0 radical (unpaired) electrons. The Balaban J connectivity index is 3.07. The van der Waals surface area contributed by atoms with E-state index in [-0.39, 0.29) is 0 Å². The van der Waals surface area contributed by atoms with Gasteiger partial charge in [-0.2, -0.15) is 5.26 Å². The van der Waals surface area contributed by atoms with Gasteiger partial charge in [-0.1, -0.05) is 24.6 Å². The first-order chi connectivity index (χ1) is 8.51. The number of nitriles is 1. The van der Waals surface area contributed by atoms with Crippen molar-refractivity contribution in [2.24, 2.45) is 5.92 Å². The molecule has 0 bridgehead atoms. The van der Waals surface area contributed by atoms with E-state index >= 15 is 0 Å². The summed E-state index contributed by atoms with van der Waals surface area (Å²) in [5, 5.41) is 18.4. The van der Waals surface area contributed by atoms with E-state index in [9.17, 15) is 4.79 Å². The summed E-state index contributed by atoms with van der Waals surface area (Å²) in [5.41, 5.74) is 1.07. The van der Waals surface area contributed by atoms with Crippen molar-refractivity contribution in [3.63, 3.8) is 0 Å². The molecule has 1 aromatic rings. The van der Waals surface area contributed by atoms with E-state index in [4.69, 9.17) is 22.0 Å². The van der Waals surface area contributed by atoms with E-state index < -0.39 is 11.9 Å². The van der Waals surface area contributed by atoms with Crippen LogP contribution in [-0.4, -0.2) is 24.2 Å². The second-order valence-electron chi connectivity index (χ2n) is 4.02. The summed E-state index contributed by atoms with van der Waals surface area (Å²) in [4.78, 5) is 12.7. The smallest absolute Gasteiger partial charge is 0.308 e. The third kappa shape index (κ3) is 3.14. The van der Waals surface area contributed by atoms with E-state index in [0.29, 0.717) is 29.4 Å². The molecule has 0 aliphatic carbocycles. The zero-order chi connectivity index (χ0) is 13.7. The van der Waals surface area contributed by atoms with Gasteiger partial charge in [-0.3, -0.25) is 4.79 Å². The molecule has 1 aromatic carbocycles. The predicted octanol–water partition coefficient (Wildman–Crippen LogP) is 2.76. The van der Waals surface area contributed by atoms with Gasteiger partial charge in [0.15, 0.2) is 0 Å². The SMILES string of the molecule is CCN(CC(C)C(=O)O)c1cccc(Cl)c1C#N. The lowest BCUT2D eigenvalue weighted by Gasteiger charge is -2.26. The fourth-order valence-electron chi connectivity index (χ4n) is 1.69. The molecule has 0 spiro atoms. The first-order valence-electron chi connectivity index (χ1n) is 5.67. The van der Waals surface area contributed by atoms with Gasteiger partial charge in [0, 0.05) is 13.1 Å². The number of anilines is 1. The molecule has 18 heavy (non-hydrogen) atoms. The van der Waals surface area contributed by atoms with Crippen molar-refractivity contribution >= 4 is 23.3 Å². The van der Waals surface area contributed by atoms with Gasteiger partial charge in [0.2, 0.25) is 0 Å². The van der Waals surface area contributed by atoms with Crippen molar-refractivity contribution < 1.29 is 9.90 Å². The van der Waals surface area contributed by atoms with E-state index in [1.165, 1.54) is 0 Å². The fraction of sp³-hybridized carbons (Fsp3) is 0.385. The topological polar surface area (TPSA) is 64.3 Å². The molecule has 96 valence electrons. The number of halogens is 1. The summed E-state index contributed by atoms with van der Waals surface area (Å²) >= 11 is 5.96. The van der Waals surface area contributed by atoms with Gasteiger partial charge in [-0.15, -0.1) is 0 Å². The third-order valence-electron chi connectivity index (χ3n) is 2.74. The Morgan fingerprint density at radius 3 is 2.78 bits per heavy atom. The highest BCUT2D eigenvalue weighted by Gasteiger charge is 2.18. The fourth-order valence-corrected chi connectivity index (χ4v) is 1.91. The van der Waals surface area contributed by atoms with Gasteiger partial charge in [0.1, 0.15) is 6.07 Å². The lowest BCUT2D eigenvalue weighted by molar-refractivity contribution is -0.140. The molecule has 0 fully saturated rings. The summed E-state index contributed by atoms with van der Waals surface area (Å²) in [6.07, 6.45) is 0. The lowest BCUT2D eigenvalue weighted by Crippen LogP contribution is -2.32. The van der Waals surface area contributed by atoms with Crippen LogP contribution < -0.4 is 4.90 Å². The molecule has 0 aliphatic rings. The van der Waals surface area contributed by atoms with Crippen molar-refractivity contribution in [2.75, 3.05) is 18.0 Å².